The molecule has 0 aliphatic rings. The van der Waals surface area contributed by atoms with Crippen molar-refractivity contribution in [1.82, 2.24) is 20.0 Å². The molecule has 0 saturated heterocycles. The maximum atomic E-state index is 14.4. The molecule has 4 rings (SSSR count). The number of fused-ring (bicyclic) bond motifs is 2. The Hall–Kier alpha value is -2.40. The van der Waals surface area contributed by atoms with Crippen LogP contribution in [0, 0.1) is 19.7 Å². The van der Waals surface area contributed by atoms with E-state index < -0.39 is 0 Å². The summed E-state index contributed by atoms with van der Waals surface area (Å²) in [5, 5.41) is 14.2. The van der Waals surface area contributed by atoms with Gasteiger partial charge in [-0.3, -0.25) is 9.78 Å². The number of H-pyrrole nitrogens is 1. The van der Waals surface area contributed by atoms with Crippen molar-refractivity contribution >= 4 is 33.4 Å². The number of rotatable bonds is 3. The van der Waals surface area contributed by atoms with Crippen LogP contribution < -0.4 is 0 Å². The predicted octanol–water partition coefficient (Wildman–Crippen LogP) is 6.60. The van der Waals surface area contributed by atoms with Crippen LogP contribution in [0.25, 0.3) is 21.8 Å². The fourth-order valence-electron chi connectivity index (χ4n) is 5.04. The number of aryl methyl sites for hydroxylation is 2. The summed E-state index contributed by atoms with van der Waals surface area (Å²) in [4.78, 5) is 0. The lowest BCUT2D eigenvalue weighted by Gasteiger charge is -2.29. The standard InChI is InChI=1S/C24H28ClFN4/c1-13-8-17(25)22-16(19(13)23(3,4)5)11-28-30(22)12-24(6,7)20-14(2)9-18(26)21-15(20)10-27-29-21/h8-11H,12H2,1-7H3,(H,27,29). The Balaban J connectivity index is 1.89. The average molecular weight is 427 g/mol. The van der Waals surface area contributed by atoms with Crippen LogP contribution in [-0.2, 0) is 17.4 Å². The van der Waals surface area contributed by atoms with E-state index in [1.165, 1.54) is 11.1 Å². The highest BCUT2D eigenvalue weighted by Crippen LogP contribution is 2.39. The molecule has 4 nitrogen and oxygen atoms in total. The molecule has 2 aromatic carbocycles. The van der Waals surface area contributed by atoms with Gasteiger partial charge >= 0.3 is 0 Å². The third-order valence-electron chi connectivity index (χ3n) is 5.93. The second-order valence-electron chi connectivity index (χ2n) is 9.96. The third-order valence-corrected chi connectivity index (χ3v) is 6.22. The zero-order valence-corrected chi connectivity index (χ0v) is 19.4. The fourth-order valence-corrected chi connectivity index (χ4v) is 5.40. The Morgan fingerprint density at radius 2 is 1.67 bits per heavy atom. The summed E-state index contributed by atoms with van der Waals surface area (Å²) in [5.74, 6) is -0.280. The Morgan fingerprint density at radius 1 is 1.00 bits per heavy atom. The van der Waals surface area contributed by atoms with Gasteiger partial charge < -0.3 is 0 Å². The van der Waals surface area contributed by atoms with E-state index in [1.807, 2.05) is 23.9 Å². The van der Waals surface area contributed by atoms with Crippen LogP contribution in [0.4, 0.5) is 4.39 Å². The molecular weight excluding hydrogens is 399 g/mol. The van der Waals surface area contributed by atoms with Crippen molar-refractivity contribution in [2.75, 3.05) is 0 Å². The van der Waals surface area contributed by atoms with Crippen molar-refractivity contribution in [3.05, 3.63) is 57.6 Å². The summed E-state index contributed by atoms with van der Waals surface area (Å²) in [6, 6.07) is 3.61. The van der Waals surface area contributed by atoms with Gasteiger partial charge in [0.1, 0.15) is 11.3 Å². The SMILES string of the molecule is Cc1cc(F)c2[nH]ncc2c1C(C)(C)Cn1ncc2c(C(C)(C)C)c(C)cc(Cl)c21. The van der Waals surface area contributed by atoms with Gasteiger partial charge in [-0.05, 0) is 53.6 Å². The third kappa shape index (κ3) is 3.20. The number of halogens is 2. The van der Waals surface area contributed by atoms with Gasteiger partial charge in [0.15, 0.2) is 0 Å². The summed E-state index contributed by atoms with van der Waals surface area (Å²) < 4.78 is 16.4. The first-order valence-corrected chi connectivity index (χ1v) is 10.6. The van der Waals surface area contributed by atoms with E-state index >= 15 is 0 Å². The van der Waals surface area contributed by atoms with Crippen LogP contribution >= 0.6 is 11.6 Å². The van der Waals surface area contributed by atoms with Gasteiger partial charge in [0.25, 0.3) is 0 Å². The Kier molecular flexibility index (Phi) is 4.73. The van der Waals surface area contributed by atoms with Crippen LogP contribution in [0.5, 0.6) is 0 Å². The quantitative estimate of drug-likeness (QED) is 0.401. The molecule has 0 spiro atoms. The van der Waals surface area contributed by atoms with Crippen LogP contribution in [0.3, 0.4) is 0 Å². The molecule has 0 fully saturated rings. The van der Waals surface area contributed by atoms with Gasteiger partial charge in [-0.15, -0.1) is 0 Å². The summed E-state index contributed by atoms with van der Waals surface area (Å²) in [6.07, 6.45) is 3.63. The molecule has 158 valence electrons. The number of nitrogens with zero attached hydrogens (tertiary/aromatic N) is 3. The van der Waals surface area contributed by atoms with Crippen LogP contribution in [0.1, 0.15) is 56.9 Å². The fraction of sp³-hybridized carbons (Fsp3) is 0.417. The van der Waals surface area contributed by atoms with E-state index in [0.717, 1.165) is 27.4 Å². The zero-order valence-electron chi connectivity index (χ0n) is 18.6. The predicted molar refractivity (Wildman–Crippen MR) is 122 cm³/mol. The Bertz CT molecular complexity index is 1270. The van der Waals surface area contributed by atoms with Crippen LogP contribution in [-0.4, -0.2) is 20.0 Å². The monoisotopic (exact) mass is 426 g/mol. The molecule has 0 saturated carbocycles. The van der Waals surface area contributed by atoms with Gasteiger partial charge in [0.2, 0.25) is 0 Å². The molecule has 1 N–H and O–H groups in total. The molecule has 4 aromatic rings. The topological polar surface area (TPSA) is 46.5 Å². The highest BCUT2D eigenvalue weighted by molar-refractivity contribution is 6.35. The summed E-state index contributed by atoms with van der Waals surface area (Å²) >= 11 is 6.71. The van der Waals surface area contributed by atoms with E-state index in [4.69, 9.17) is 16.7 Å². The number of hydrogen-bond donors (Lipinski definition) is 1. The van der Waals surface area contributed by atoms with Crippen molar-refractivity contribution in [3.8, 4) is 0 Å². The van der Waals surface area contributed by atoms with Crippen molar-refractivity contribution in [2.24, 2.45) is 0 Å². The second kappa shape index (κ2) is 6.81. The Labute approximate surface area is 181 Å². The summed E-state index contributed by atoms with van der Waals surface area (Å²) in [7, 11) is 0. The maximum Gasteiger partial charge on any atom is 0.149 e. The highest BCUT2D eigenvalue weighted by Gasteiger charge is 2.30. The minimum Gasteiger partial charge on any atom is -0.275 e. The van der Waals surface area contributed by atoms with E-state index in [1.54, 1.807) is 12.3 Å². The van der Waals surface area contributed by atoms with E-state index in [0.29, 0.717) is 17.1 Å². The van der Waals surface area contributed by atoms with Gasteiger partial charge in [0.05, 0.1) is 29.5 Å². The lowest BCUT2D eigenvalue weighted by Crippen LogP contribution is -2.26. The first-order chi connectivity index (χ1) is 13.9. The molecule has 0 aliphatic heterocycles. The van der Waals surface area contributed by atoms with E-state index in [-0.39, 0.29) is 16.6 Å². The maximum absolute atomic E-state index is 14.4. The van der Waals surface area contributed by atoms with Crippen molar-refractivity contribution in [1.29, 1.82) is 0 Å². The minimum absolute atomic E-state index is 0.0210. The average Bonchev–Trinajstić information content (AvgIpc) is 3.20. The van der Waals surface area contributed by atoms with Crippen molar-refractivity contribution in [3.63, 3.8) is 0 Å². The first-order valence-electron chi connectivity index (χ1n) is 10.2. The molecule has 2 aromatic heterocycles. The molecule has 30 heavy (non-hydrogen) atoms. The number of nitrogens with one attached hydrogen (secondary N) is 1. The molecule has 6 heteroatoms. The van der Waals surface area contributed by atoms with E-state index in [2.05, 4.69) is 51.7 Å². The summed E-state index contributed by atoms with van der Waals surface area (Å²) in [5.41, 5.74) is 5.45. The van der Waals surface area contributed by atoms with Crippen molar-refractivity contribution in [2.45, 2.75) is 65.8 Å². The lowest BCUT2D eigenvalue weighted by molar-refractivity contribution is 0.417. The minimum atomic E-state index is -0.324. The largest absolute Gasteiger partial charge is 0.275 e. The summed E-state index contributed by atoms with van der Waals surface area (Å²) in [6.45, 7) is 15.6. The smallest absolute Gasteiger partial charge is 0.149 e. The van der Waals surface area contributed by atoms with Gasteiger partial charge in [0, 0.05) is 16.2 Å². The normalized spacial score (nSPS) is 13.0. The molecule has 0 radical (unpaired) electrons. The molecule has 0 atom stereocenters. The first kappa shape index (κ1) is 20.9. The molecular formula is C24H28ClFN4. The molecule has 0 amide bonds. The van der Waals surface area contributed by atoms with Crippen LogP contribution in [0.15, 0.2) is 24.5 Å². The Morgan fingerprint density at radius 3 is 2.33 bits per heavy atom. The van der Waals surface area contributed by atoms with Crippen LogP contribution in [0.2, 0.25) is 5.02 Å². The van der Waals surface area contributed by atoms with Crippen molar-refractivity contribution < 1.29 is 4.39 Å². The van der Waals surface area contributed by atoms with Gasteiger partial charge in [-0.25, -0.2) is 4.39 Å². The highest BCUT2D eigenvalue weighted by atomic mass is 35.5. The number of aromatic amines is 1. The van der Waals surface area contributed by atoms with E-state index in [9.17, 15) is 4.39 Å². The number of benzene rings is 2. The lowest BCUT2D eigenvalue weighted by atomic mass is 9.79. The van der Waals surface area contributed by atoms with Gasteiger partial charge in [-0.1, -0.05) is 46.2 Å². The zero-order chi connectivity index (χ0) is 22.0. The number of hydrogen-bond acceptors (Lipinski definition) is 2. The molecule has 0 aliphatic carbocycles. The molecule has 0 bridgehead atoms. The molecule has 0 unspecified atom stereocenters. The van der Waals surface area contributed by atoms with Gasteiger partial charge in [-0.2, -0.15) is 10.2 Å². The number of aromatic nitrogens is 4. The second-order valence-corrected chi connectivity index (χ2v) is 10.4. The molecule has 2 heterocycles.